The predicted molar refractivity (Wildman–Crippen MR) is 72.1 cm³/mol. The predicted octanol–water partition coefficient (Wildman–Crippen LogP) is 1.68. The lowest BCUT2D eigenvalue weighted by molar-refractivity contribution is -0.144. The maximum Gasteiger partial charge on any atom is 0.310 e. The van der Waals surface area contributed by atoms with Crippen LogP contribution in [0.3, 0.4) is 0 Å². The largest absolute Gasteiger partial charge is 0.493 e. The minimum absolute atomic E-state index is 0.0105. The Morgan fingerprint density at radius 2 is 2.00 bits per heavy atom. The molecule has 21 heavy (non-hydrogen) atoms. The zero-order valence-corrected chi connectivity index (χ0v) is 12.1. The van der Waals surface area contributed by atoms with Gasteiger partial charge in [-0.1, -0.05) is 11.2 Å². The fraction of sp³-hybridized carbons (Fsp3) is 0.357. The van der Waals surface area contributed by atoms with Crippen molar-refractivity contribution in [3.05, 3.63) is 35.5 Å². The summed E-state index contributed by atoms with van der Waals surface area (Å²) in [6.45, 7) is 1.66. The first kappa shape index (κ1) is 14.8. The van der Waals surface area contributed by atoms with Crippen LogP contribution in [0.5, 0.6) is 11.5 Å². The maximum absolute atomic E-state index is 11.8. The number of hydrogen-bond donors (Lipinski definition) is 0. The molecule has 7 nitrogen and oxygen atoms in total. The number of aryl methyl sites for hydroxylation is 1. The molecule has 2 aromatic rings. The monoisotopic (exact) mass is 292 g/mol. The fourth-order valence-electron chi connectivity index (χ4n) is 1.75. The Kier molecular flexibility index (Phi) is 4.76. The zero-order valence-electron chi connectivity index (χ0n) is 12.1. The van der Waals surface area contributed by atoms with Crippen molar-refractivity contribution in [2.45, 2.75) is 20.0 Å². The van der Waals surface area contributed by atoms with E-state index in [9.17, 15) is 4.79 Å². The van der Waals surface area contributed by atoms with E-state index in [2.05, 4.69) is 10.1 Å². The van der Waals surface area contributed by atoms with Crippen molar-refractivity contribution < 1.29 is 23.5 Å². The third-order valence-corrected chi connectivity index (χ3v) is 2.73. The number of methoxy groups -OCH3 is 2. The van der Waals surface area contributed by atoms with Gasteiger partial charge in [-0.2, -0.15) is 4.98 Å². The molecule has 1 heterocycles. The smallest absolute Gasteiger partial charge is 0.310 e. The summed E-state index contributed by atoms with van der Waals surface area (Å²) in [6.07, 6.45) is 0.122. The third kappa shape index (κ3) is 3.95. The Morgan fingerprint density at radius 3 is 2.62 bits per heavy atom. The first-order chi connectivity index (χ1) is 10.1. The normalized spacial score (nSPS) is 10.2. The van der Waals surface area contributed by atoms with Gasteiger partial charge in [-0.25, -0.2) is 0 Å². The zero-order chi connectivity index (χ0) is 15.2. The molecule has 0 bridgehead atoms. The van der Waals surface area contributed by atoms with E-state index in [-0.39, 0.29) is 19.0 Å². The van der Waals surface area contributed by atoms with Crippen molar-refractivity contribution in [2.24, 2.45) is 0 Å². The number of ether oxygens (including phenoxy) is 3. The van der Waals surface area contributed by atoms with Gasteiger partial charge < -0.3 is 18.7 Å². The summed E-state index contributed by atoms with van der Waals surface area (Å²) in [5.41, 5.74) is 0.766. The van der Waals surface area contributed by atoms with Gasteiger partial charge in [-0.05, 0) is 17.7 Å². The number of aromatic nitrogens is 2. The summed E-state index contributed by atoms with van der Waals surface area (Å²) < 4.78 is 20.2. The van der Waals surface area contributed by atoms with E-state index in [1.54, 1.807) is 39.3 Å². The van der Waals surface area contributed by atoms with Gasteiger partial charge in [-0.3, -0.25) is 4.79 Å². The highest BCUT2D eigenvalue weighted by atomic mass is 16.5. The third-order valence-electron chi connectivity index (χ3n) is 2.73. The molecule has 0 aliphatic heterocycles. The Hall–Kier alpha value is -2.57. The molecule has 0 saturated heterocycles. The molecule has 0 unspecified atom stereocenters. The van der Waals surface area contributed by atoms with Crippen LogP contribution in [0.15, 0.2) is 22.7 Å². The van der Waals surface area contributed by atoms with Crippen molar-refractivity contribution in [3.63, 3.8) is 0 Å². The first-order valence-electron chi connectivity index (χ1n) is 6.28. The van der Waals surface area contributed by atoms with Gasteiger partial charge in [0.15, 0.2) is 18.1 Å². The van der Waals surface area contributed by atoms with Crippen molar-refractivity contribution in [2.75, 3.05) is 14.2 Å². The van der Waals surface area contributed by atoms with Gasteiger partial charge in [0, 0.05) is 6.92 Å². The summed E-state index contributed by atoms with van der Waals surface area (Å²) in [5.74, 6) is 1.56. The molecule has 2 rings (SSSR count). The Balaban J connectivity index is 1.93. The van der Waals surface area contributed by atoms with Crippen molar-refractivity contribution in [1.29, 1.82) is 0 Å². The molecule has 0 aliphatic carbocycles. The average molecular weight is 292 g/mol. The summed E-state index contributed by atoms with van der Waals surface area (Å²) in [7, 11) is 3.09. The van der Waals surface area contributed by atoms with Crippen LogP contribution < -0.4 is 9.47 Å². The Morgan fingerprint density at radius 1 is 1.24 bits per heavy atom. The molecule has 0 spiro atoms. The highest BCUT2D eigenvalue weighted by molar-refractivity contribution is 5.72. The molecule has 0 amide bonds. The van der Waals surface area contributed by atoms with Gasteiger partial charge in [-0.15, -0.1) is 0 Å². The van der Waals surface area contributed by atoms with Crippen molar-refractivity contribution in [3.8, 4) is 11.5 Å². The number of carbonyl (C=O) groups is 1. The van der Waals surface area contributed by atoms with Crippen LogP contribution in [0.2, 0.25) is 0 Å². The van der Waals surface area contributed by atoms with Gasteiger partial charge >= 0.3 is 5.97 Å². The van der Waals surface area contributed by atoms with E-state index in [0.717, 1.165) is 5.56 Å². The fourth-order valence-corrected chi connectivity index (χ4v) is 1.75. The second-order valence-corrected chi connectivity index (χ2v) is 4.26. The molecule has 1 aromatic carbocycles. The highest BCUT2D eigenvalue weighted by Gasteiger charge is 2.11. The van der Waals surface area contributed by atoms with E-state index in [1.807, 2.05) is 0 Å². The van der Waals surface area contributed by atoms with E-state index in [0.29, 0.717) is 23.2 Å². The van der Waals surface area contributed by atoms with Crippen LogP contribution in [-0.2, 0) is 22.6 Å². The Labute approximate surface area is 121 Å². The van der Waals surface area contributed by atoms with Crippen molar-refractivity contribution >= 4 is 5.97 Å². The number of rotatable bonds is 6. The molecular formula is C14H16N2O5. The van der Waals surface area contributed by atoms with Gasteiger partial charge in [0.2, 0.25) is 11.7 Å². The SMILES string of the molecule is COc1ccc(CC(=O)OCc2noc(C)n2)cc1OC. The lowest BCUT2D eigenvalue weighted by Gasteiger charge is -2.09. The van der Waals surface area contributed by atoms with Gasteiger partial charge in [0.05, 0.1) is 20.6 Å². The molecule has 0 fully saturated rings. The molecule has 1 aromatic heterocycles. The molecule has 0 saturated carbocycles. The molecule has 0 aliphatic rings. The topological polar surface area (TPSA) is 83.7 Å². The first-order valence-corrected chi connectivity index (χ1v) is 6.28. The molecular weight excluding hydrogens is 276 g/mol. The standard InChI is InChI=1S/C14H16N2O5/c1-9-15-13(16-21-9)8-20-14(17)7-10-4-5-11(18-2)12(6-10)19-3/h4-6H,7-8H2,1-3H3. The van der Waals surface area contributed by atoms with E-state index < -0.39 is 0 Å². The Bertz CT molecular complexity index is 624. The van der Waals surface area contributed by atoms with Gasteiger partial charge in [0.25, 0.3) is 0 Å². The molecule has 0 atom stereocenters. The van der Waals surface area contributed by atoms with Crippen molar-refractivity contribution in [1.82, 2.24) is 10.1 Å². The van der Waals surface area contributed by atoms with E-state index in [1.165, 1.54) is 0 Å². The number of carbonyl (C=O) groups excluding carboxylic acids is 1. The average Bonchev–Trinajstić information content (AvgIpc) is 2.90. The van der Waals surface area contributed by atoms with E-state index >= 15 is 0 Å². The summed E-state index contributed by atoms with van der Waals surface area (Å²) >= 11 is 0. The van der Waals surface area contributed by atoms with Crippen LogP contribution in [0.4, 0.5) is 0 Å². The summed E-state index contributed by atoms with van der Waals surface area (Å²) in [5, 5.41) is 3.64. The molecule has 7 heteroatoms. The van der Waals surface area contributed by atoms with Crippen LogP contribution in [-0.4, -0.2) is 30.3 Å². The molecule has 0 radical (unpaired) electrons. The van der Waals surface area contributed by atoms with Crippen LogP contribution in [0.25, 0.3) is 0 Å². The minimum atomic E-state index is -0.385. The summed E-state index contributed by atoms with van der Waals surface area (Å²) in [6, 6.07) is 5.25. The highest BCUT2D eigenvalue weighted by Crippen LogP contribution is 2.27. The number of nitrogens with zero attached hydrogens (tertiary/aromatic N) is 2. The minimum Gasteiger partial charge on any atom is -0.493 e. The molecule has 0 N–H and O–H groups in total. The number of benzene rings is 1. The lowest BCUT2D eigenvalue weighted by Crippen LogP contribution is -2.09. The number of hydrogen-bond acceptors (Lipinski definition) is 7. The van der Waals surface area contributed by atoms with E-state index in [4.69, 9.17) is 18.7 Å². The maximum atomic E-state index is 11.8. The quantitative estimate of drug-likeness (QED) is 0.749. The summed E-state index contributed by atoms with van der Waals surface area (Å²) in [4.78, 5) is 15.7. The lowest BCUT2D eigenvalue weighted by atomic mass is 10.1. The van der Waals surface area contributed by atoms with Crippen LogP contribution in [0, 0.1) is 6.92 Å². The molecule has 112 valence electrons. The second kappa shape index (κ2) is 6.74. The van der Waals surface area contributed by atoms with Crippen LogP contribution >= 0.6 is 0 Å². The second-order valence-electron chi connectivity index (χ2n) is 4.26. The number of esters is 1. The van der Waals surface area contributed by atoms with Gasteiger partial charge in [0.1, 0.15) is 0 Å². The van der Waals surface area contributed by atoms with Crippen LogP contribution in [0.1, 0.15) is 17.3 Å².